The van der Waals surface area contributed by atoms with Crippen LogP contribution in [-0.4, -0.2) is 10.8 Å². The van der Waals surface area contributed by atoms with E-state index in [-0.39, 0.29) is 11.3 Å². The summed E-state index contributed by atoms with van der Waals surface area (Å²) in [6.45, 7) is 0. The molecule has 5 nitrogen and oxygen atoms in total. The fourth-order valence-electron chi connectivity index (χ4n) is 2.30. The van der Waals surface area contributed by atoms with Crippen molar-refractivity contribution >= 4 is 51.6 Å². The predicted octanol–water partition coefficient (Wildman–Crippen LogP) is 5.74. The summed E-state index contributed by atoms with van der Waals surface area (Å²) in [6.07, 6.45) is 0. The summed E-state index contributed by atoms with van der Waals surface area (Å²) >= 11 is 3.13. The van der Waals surface area contributed by atoms with Crippen molar-refractivity contribution in [1.82, 2.24) is 0 Å². The fraction of sp³-hybridized carbons (Fsp3) is 0. The number of non-ortho nitro benzene ring substituents is 1. The summed E-state index contributed by atoms with van der Waals surface area (Å²) in [6, 6.07) is 17.3. The standard InChI is InChI=1S/C19H12FIN2O3S/c20-14-5-1-4-8-18(14)27-17-10-9-12(23(25)26)11-13(17)19(24)22-16-7-3-2-6-15(16)21/h1-11H,(H,22,24). The van der Waals surface area contributed by atoms with Crippen molar-refractivity contribution in [3.63, 3.8) is 0 Å². The van der Waals surface area contributed by atoms with Crippen LogP contribution in [0.4, 0.5) is 15.8 Å². The van der Waals surface area contributed by atoms with E-state index < -0.39 is 16.6 Å². The first-order chi connectivity index (χ1) is 13.0. The summed E-state index contributed by atoms with van der Waals surface area (Å²) in [4.78, 5) is 24.1. The Bertz CT molecular complexity index is 1030. The highest BCUT2D eigenvalue weighted by Crippen LogP contribution is 2.34. The Balaban J connectivity index is 1.99. The van der Waals surface area contributed by atoms with Crippen LogP contribution in [0.25, 0.3) is 0 Å². The van der Waals surface area contributed by atoms with Crippen molar-refractivity contribution in [2.75, 3.05) is 5.32 Å². The number of benzene rings is 3. The van der Waals surface area contributed by atoms with E-state index in [1.54, 1.807) is 30.3 Å². The molecule has 0 aromatic heterocycles. The molecule has 1 N–H and O–H groups in total. The molecule has 0 bridgehead atoms. The van der Waals surface area contributed by atoms with Gasteiger partial charge in [0, 0.05) is 25.5 Å². The average Bonchev–Trinajstić information content (AvgIpc) is 2.65. The fourth-order valence-corrected chi connectivity index (χ4v) is 3.77. The van der Waals surface area contributed by atoms with E-state index in [0.29, 0.717) is 15.5 Å². The molecular weight excluding hydrogens is 482 g/mol. The van der Waals surface area contributed by atoms with Crippen LogP contribution >= 0.6 is 34.4 Å². The molecule has 3 aromatic carbocycles. The minimum atomic E-state index is -0.569. The van der Waals surface area contributed by atoms with Gasteiger partial charge in [-0.15, -0.1) is 0 Å². The van der Waals surface area contributed by atoms with Gasteiger partial charge in [-0.05, 0) is 52.9 Å². The number of nitrogens with zero attached hydrogens (tertiary/aromatic N) is 1. The highest BCUT2D eigenvalue weighted by atomic mass is 127. The summed E-state index contributed by atoms with van der Waals surface area (Å²) in [5.74, 6) is -0.925. The predicted molar refractivity (Wildman–Crippen MR) is 111 cm³/mol. The molecular formula is C19H12FIN2O3S. The number of amides is 1. The van der Waals surface area contributed by atoms with E-state index in [0.717, 1.165) is 15.3 Å². The number of halogens is 2. The van der Waals surface area contributed by atoms with Gasteiger partial charge in [0.15, 0.2) is 0 Å². The maximum Gasteiger partial charge on any atom is 0.270 e. The van der Waals surface area contributed by atoms with Crippen molar-refractivity contribution in [3.8, 4) is 0 Å². The van der Waals surface area contributed by atoms with Crippen LogP contribution in [0.15, 0.2) is 76.5 Å². The molecule has 0 unspecified atom stereocenters. The molecule has 0 heterocycles. The van der Waals surface area contributed by atoms with Crippen molar-refractivity contribution in [2.45, 2.75) is 9.79 Å². The Labute approximate surface area is 172 Å². The number of hydrogen-bond donors (Lipinski definition) is 1. The van der Waals surface area contributed by atoms with Crippen molar-refractivity contribution in [3.05, 3.63) is 91.8 Å². The second kappa shape index (κ2) is 8.49. The lowest BCUT2D eigenvalue weighted by Gasteiger charge is -2.11. The second-order valence-corrected chi connectivity index (χ2v) is 7.65. The van der Waals surface area contributed by atoms with Crippen LogP contribution in [0.3, 0.4) is 0 Å². The normalized spacial score (nSPS) is 10.4. The molecule has 8 heteroatoms. The quantitative estimate of drug-likeness (QED) is 0.279. The summed E-state index contributed by atoms with van der Waals surface area (Å²) in [7, 11) is 0. The Morgan fingerprint density at radius 1 is 1.04 bits per heavy atom. The van der Waals surface area contributed by atoms with E-state index in [1.165, 1.54) is 24.3 Å². The van der Waals surface area contributed by atoms with Crippen LogP contribution in [0, 0.1) is 19.5 Å². The van der Waals surface area contributed by atoms with Crippen molar-refractivity contribution in [1.29, 1.82) is 0 Å². The lowest BCUT2D eigenvalue weighted by atomic mass is 10.2. The minimum Gasteiger partial charge on any atom is -0.321 e. The number of nitro benzene ring substituents is 1. The zero-order valence-electron chi connectivity index (χ0n) is 13.7. The molecule has 3 aromatic rings. The highest BCUT2D eigenvalue weighted by molar-refractivity contribution is 14.1. The Hall–Kier alpha value is -2.46. The first-order valence-electron chi connectivity index (χ1n) is 7.72. The highest BCUT2D eigenvalue weighted by Gasteiger charge is 2.19. The van der Waals surface area contributed by atoms with Crippen LogP contribution in [0.2, 0.25) is 0 Å². The van der Waals surface area contributed by atoms with Crippen LogP contribution in [0.1, 0.15) is 10.4 Å². The maximum absolute atomic E-state index is 14.0. The summed E-state index contributed by atoms with van der Waals surface area (Å²) < 4.78 is 14.8. The van der Waals surface area contributed by atoms with Gasteiger partial charge in [0.25, 0.3) is 11.6 Å². The monoisotopic (exact) mass is 494 g/mol. The number of carbonyl (C=O) groups excluding carboxylic acids is 1. The summed E-state index contributed by atoms with van der Waals surface area (Å²) in [5, 5.41) is 13.9. The number of anilines is 1. The molecule has 0 aliphatic rings. The molecule has 136 valence electrons. The van der Waals surface area contributed by atoms with Crippen LogP contribution in [-0.2, 0) is 0 Å². The Morgan fingerprint density at radius 2 is 1.74 bits per heavy atom. The van der Waals surface area contributed by atoms with Gasteiger partial charge in [0.1, 0.15) is 5.82 Å². The lowest BCUT2D eigenvalue weighted by molar-refractivity contribution is -0.384. The third-order valence-corrected chi connectivity index (χ3v) is 5.66. The third kappa shape index (κ3) is 4.64. The average molecular weight is 494 g/mol. The zero-order valence-corrected chi connectivity index (χ0v) is 16.7. The van der Waals surface area contributed by atoms with Gasteiger partial charge in [-0.3, -0.25) is 14.9 Å². The van der Waals surface area contributed by atoms with Gasteiger partial charge in [-0.25, -0.2) is 4.39 Å². The van der Waals surface area contributed by atoms with Gasteiger partial charge < -0.3 is 5.32 Å². The van der Waals surface area contributed by atoms with E-state index in [9.17, 15) is 19.3 Å². The second-order valence-electron chi connectivity index (χ2n) is 5.40. The molecule has 0 saturated heterocycles. The topological polar surface area (TPSA) is 72.2 Å². The molecule has 0 radical (unpaired) electrons. The van der Waals surface area contributed by atoms with E-state index in [4.69, 9.17) is 0 Å². The number of nitro groups is 1. The first-order valence-corrected chi connectivity index (χ1v) is 9.62. The number of nitrogens with one attached hydrogen (secondary N) is 1. The number of rotatable bonds is 5. The largest absolute Gasteiger partial charge is 0.321 e. The van der Waals surface area contributed by atoms with E-state index in [2.05, 4.69) is 27.9 Å². The Morgan fingerprint density at radius 3 is 2.44 bits per heavy atom. The van der Waals surface area contributed by atoms with Crippen molar-refractivity contribution < 1.29 is 14.1 Å². The molecule has 0 aliphatic heterocycles. The number of para-hydroxylation sites is 1. The molecule has 0 aliphatic carbocycles. The van der Waals surface area contributed by atoms with Crippen LogP contribution in [0.5, 0.6) is 0 Å². The molecule has 0 saturated carbocycles. The third-order valence-electron chi connectivity index (χ3n) is 3.60. The molecule has 0 spiro atoms. The van der Waals surface area contributed by atoms with E-state index in [1.807, 2.05) is 12.1 Å². The van der Waals surface area contributed by atoms with Gasteiger partial charge in [-0.1, -0.05) is 36.0 Å². The molecule has 3 rings (SSSR count). The van der Waals surface area contributed by atoms with Gasteiger partial charge in [0.05, 0.1) is 16.2 Å². The SMILES string of the molecule is O=C(Nc1ccccc1I)c1cc([N+](=O)[O-])ccc1Sc1ccccc1F. The van der Waals surface area contributed by atoms with E-state index >= 15 is 0 Å². The maximum atomic E-state index is 14.0. The summed E-state index contributed by atoms with van der Waals surface area (Å²) in [5.41, 5.74) is 0.495. The zero-order chi connectivity index (χ0) is 19.4. The molecule has 27 heavy (non-hydrogen) atoms. The number of hydrogen-bond acceptors (Lipinski definition) is 4. The van der Waals surface area contributed by atoms with Gasteiger partial charge in [-0.2, -0.15) is 0 Å². The van der Waals surface area contributed by atoms with Gasteiger partial charge >= 0.3 is 0 Å². The van der Waals surface area contributed by atoms with Crippen LogP contribution < -0.4 is 5.32 Å². The molecule has 0 atom stereocenters. The van der Waals surface area contributed by atoms with Crippen molar-refractivity contribution in [2.24, 2.45) is 0 Å². The smallest absolute Gasteiger partial charge is 0.270 e. The molecule has 0 fully saturated rings. The van der Waals surface area contributed by atoms with Gasteiger partial charge in [0.2, 0.25) is 0 Å². The first kappa shape index (κ1) is 19.3. The molecule has 1 amide bonds. The Kier molecular flexibility index (Phi) is 6.07. The number of carbonyl (C=O) groups is 1. The minimum absolute atomic E-state index is 0.108. The lowest BCUT2D eigenvalue weighted by Crippen LogP contribution is -2.14.